The fourth-order valence-electron chi connectivity index (χ4n) is 6.27. The van der Waals surface area contributed by atoms with Gasteiger partial charge in [-0.05, 0) is 65.8 Å². The molecule has 2 aliphatic rings. The van der Waals surface area contributed by atoms with Crippen molar-refractivity contribution in [3.05, 3.63) is 63.8 Å². The minimum absolute atomic E-state index is 0.0846. The number of fused-ring (bicyclic) bond motifs is 4. The number of amides is 3. The lowest BCUT2D eigenvalue weighted by Gasteiger charge is -2.27. The molecular formula is C36H42N4O8. The number of ether oxygens (including phenoxy) is 4. The molecule has 0 unspecified atom stereocenters. The van der Waals surface area contributed by atoms with Gasteiger partial charge >= 0.3 is 0 Å². The number of hydrogen-bond donors (Lipinski definition) is 3. The highest BCUT2D eigenvalue weighted by molar-refractivity contribution is 6.00. The topological polar surface area (TPSA) is 145 Å². The second kappa shape index (κ2) is 14.2. The normalized spacial score (nSPS) is 16.1. The Morgan fingerprint density at radius 2 is 1.77 bits per heavy atom. The van der Waals surface area contributed by atoms with E-state index < -0.39 is 12.1 Å². The first kappa shape index (κ1) is 34.1. The minimum atomic E-state index is -0.775. The van der Waals surface area contributed by atoms with Crippen LogP contribution in [0.3, 0.4) is 0 Å². The van der Waals surface area contributed by atoms with E-state index in [0.29, 0.717) is 64.8 Å². The zero-order chi connectivity index (χ0) is 34.7. The van der Waals surface area contributed by atoms with Crippen LogP contribution in [-0.2, 0) is 20.8 Å². The molecular weight excluding hydrogens is 616 g/mol. The summed E-state index contributed by atoms with van der Waals surface area (Å²) < 4.78 is 22.8. The van der Waals surface area contributed by atoms with Crippen LogP contribution in [0.5, 0.6) is 23.0 Å². The number of nitrogens with one attached hydrogen (secondary N) is 3. The highest BCUT2D eigenvalue weighted by atomic mass is 16.5. The molecule has 1 aliphatic heterocycles. The van der Waals surface area contributed by atoms with Crippen LogP contribution in [0, 0.1) is 5.92 Å². The second-order valence-electron chi connectivity index (χ2n) is 12.0. The van der Waals surface area contributed by atoms with E-state index in [1.54, 1.807) is 45.5 Å². The van der Waals surface area contributed by atoms with Crippen LogP contribution in [0.2, 0.25) is 0 Å². The maximum absolute atomic E-state index is 13.9. The van der Waals surface area contributed by atoms with Crippen LogP contribution < -0.4 is 45.2 Å². The maximum atomic E-state index is 13.9. The van der Waals surface area contributed by atoms with Crippen molar-refractivity contribution in [2.45, 2.75) is 52.1 Å². The Hall–Kier alpha value is -5.26. The smallest absolute Gasteiger partial charge is 0.264 e. The van der Waals surface area contributed by atoms with Gasteiger partial charge in [-0.3, -0.25) is 19.2 Å². The van der Waals surface area contributed by atoms with Gasteiger partial charge in [0, 0.05) is 31.3 Å². The lowest BCUT2D eigenvalue weighted by atomic mass is 9.95. The van der Waals surface area contributed by atoms with Crippen molar-refractivity contribution in [2.24, 2.45) is 5.92 Å². The summed E-state index contributed by atoms with van der Waals surface area (Å²) >= 11 is 0. The lowest BCUT2D eigenvalue weighted by molar-refractivity contribution is -0.121. The number of aryl methyl sites for hydroxylation is 1. The molecule has 0 saturated heterocycles. The number of likely N-dealkylation sites (N-methyl/N-ethyl adjacent to an activating group) is 1. The monoisotopic (exact) mass is 658 g/mol. The van der Waals surface area contributed by atoms with Gasteiger partial charge in [0.05, 0.1) is 38.7 Å². The van der Waals surface area contributed by atoms with Crippen LogP contribution in [0.15, 0.2) is 47.3 Å². The fourth-order valence-corrected chi connectivity index (χ4v) is 6.27. The summed E-state index contributed by atoms with van der Waals surface area (Å²) in [6.07, 6.45) is 1.76. The molecule has 3 aromatic carbocycles. The third kappa shape index (κ3) is 6.60. The molecule has 1 aliphatic carbocycles. The Bertz CT molecular complexity index is 1810. The van der Waals surface area contributed by atoms with Gasteiger partial charge in [-0.1, -0.05) is 26.3 Å². The Morgan fingerprint density at radius 3 is 2.44 bits per heavy atom. The molecule has 0 bridgehead atoms. The summed E-state index contributed by atoms with van der Waals surface area (Å²) in [7, 11) is 6.30. The summed E-state index contributed by atoms with van der Waals surface area (Å²) in [6, 6.07) is 10.8. The molecule has 12 nitrogen and oxygen atoms in total. The summed E-state index contributed by atoms with van der Waals surface area (Å²) in [5, 5.41) is 9.19. The highest BCUT2D eigenvalue weighted by Crippen LogP contribution is 2.50. The average Bonchev–Trinajstić information content (AvgIpc) is 3.31. The Balaban J connectivity index is 1.56. The van der Waals surface area contributed by atoms with Crippen molar-refractivity contribution in [1.29, 1.82) is 0 Å². The first-order valence-corrected chi connectivity index (χ1v) is 15.9. The van der Waals surface area contributed by atoms with E-state index in [-0.39, 0.29) is 41.4 Å². The zero-order valence-corrected chi connectivity index (χ0v) is 28.3. The molecule has 3 amide bonds. The third-order valence-electron chi connectivity index (χ3n) is 9.04. The molecule has 5 rings (SSSR count). The quantitative estimate of drug-likeness (QED) is 0.283. The SMILES string of the molecule is CC[C@@H](C)[C@H](Nc1ccc2c(cc1=O)[C@@H](NC(C)=O)CCc1cc(OC)c(OC)c(OC)c1-2)C(=O)Nc1ccc2c(c1)OCC(=O)N2C. The van der Waals surface area contributed by atoms with E-state index in [9.17, 15) is 19.2 Å². The van der Waals surface area contributed by atoms with E-state index in [2.05, 4.69) is 16.0 Å². The molecule has 12 heteroatoms. The molecule has 3 atom stereocenters. The minimum Gasteiger partial charge on any atom is -0.493 e. The van der Waals surface area contributed by atoms with E-state index in [1.807, 2.05) is 26.0 Å². The fraction of sp³-hybridized carbons (Fsp3) is 0.389. The van der Waals surface area contributed by atoms with Crippen molar-refractivity contribution in [1.82, 2.24) is 5.32 Å². The number of anilines is 3. The molecule has 254 valence electrons. The van der Waals surface area contributed by atoms with Gasteiger partial charge in [0.15, 0.2) is 18.1 Å². The predicted molar refractivity (Wildman–Crippen MR) is 184 cm³/mol. The van der Waals surface area contributed by atoms with Gasteiger partial charge in [0.2, 0.25) is 23.0 Å². The summed E-state index contributed by atoms with van der Waals surface area (Å²) in [5.41, 5.74) is 3.94. The van der Waals surface area contributed by atoms with Gasteiger partial charge in [-0.15, -0.1) is 0 Å². The van der Waals surface area contributed by atoms with Gasteiger partial charge < -0.3 is 39.8 Å². The lowest BCUT2D eigenvalue weighted by Crippen LogP contribution is -2.40. The molecule has 3 aromatic rings. The van der Waals surface area contributed by atoms with Crippen LogP contribution in [-0.4, -0.2) is 58.7 Å². The van der Waals surface area contributed by atoms with Crippen LogP contribution in [0.25, 0.3) is 11.1 Å². The number of carbonyl (C=O) groups is 3. The summed E-state index contributed by atoms with van der Waals surface area (Å²) in [4.78, 5) is 53.6. The van der Waals surface area contributed by atoms with Crippen molar-refractivity contribution < 1.29 is 33.3 Å². The van der Waals surface area contributed by atoms with Crippen LogP contribution in [0.1, 0.15) is 50.8 Å². The Morgan fingerprint density at radius 1 is 1.02 bits per heavy atom. The van der Waals surface area contributed by atoms with E-state index in [4.69, 9.17) is 18.9 Å². The zero-order valence-electron chi connectivity index (χ0n) is 28.3. The third-order valence-corrected chi connectivity index (χ3v) is 9.04. The van der Waals surface area contributed by atoms with Crippen molar-refractivity contribution in [2.75, 3.05) is 50.5 Å². The number of nitrogens with zero attached hydrogens (tertiary/aromatic N) is 1. The predicted octanol–water partition coefficient (Wildman–Crippen LogP) is 4.68. The standard InChI is InChI=1S/C36H42N4O8/c1-8-19(2)33(36(44)38-22-10-14-27-29(16-22)48-18-31(43)40(27)4)39-26-13-11-23-24(17-28(26)42)25(37-20(3)41)12-9-21-15-30(45-5)34(46-6)35(47-7)32(21)23/h10-11,13-17,19,25,33H,8-9,12,18H2,1-7H3,(H,37,41)(H,38,44)(H,39,42)/t19-,25+,33+/m1/s1. The number of hydrogen-bond acceptors (Lipinski definition) is 9. The average molecular weight is 659 g/mol. The Kier molecular flexibility index (Phi) is 10.1. The van der Waals surface area contributed by atoms with Gasteiger partial charge in [-0.25, -0.2) is 0 Å². The van der Waals surface area contributed by atoms with Crippen LogP contribution in [0.4, 0.5) is 17.1 Å². The molecule has 0 spiro atoms. The molecule has 0 fully saturated rings. The largest absolute Gasteiger partial charge is 0.493 e. The molecule has 3 N–H and O–H groups in total. The first-order chi connectivity index (χ1) is 23.0. The number of carbonyl (C=O) groups excluding carboxylic acids is 3. The second-order valence-corrected chi connectivity index (χ2v) is 12.0. The van der Waals surface area contributed by atoms with Gasteiger partial charge in [-0.2, -0.15) is 0 Å². The number of rotatable bonds is 10. The Labute approximate surface area is 279 Å². The summed E-state index contributed by atoms with van der Waals surface area (Å²) in [5.74, 6) is 0.975. The molecule has 0 aromatic heterocycles. The summed E-state index contributed by atoms with van der Waals surface area (Å²) in [6.45, 7) is 5.27. The molecule has 48 heavy (non-hydrogen) atoms. The van der Waals surface area contributed by atoms with Crippen LogP contribution >= 0.6 is 0 Å². The first-order valence-electron chi connectivity index (χ1n) is 15.9. The highest BCUT2D eigenvalue weighted by Gasteiger charge is 2.31. The maximum Gasteiger partial charge on any atom is 0.264 e. The van der Waals surface area contributed by atoms with Gasteiger partial charge in [0.1, 0.15) is 11.8 Å². The van der Waals surface area contributed by atoms with Gasteiger partial charge in [0.25, 0.3) is 5.91 Å². The number of benzene rings is 2. The van der Waals surface area contributed by atoms with Crippen molar-refractivity contribution >= 4 is 34.8 Å². The van der Waals surface area contributed by atoms with E-state index in [1.165, 1.54) is 25.0 Å². The molecule has 0 saturated carbocycles. The van der Waals surface area contributed by atoms with Crippen molar-refractivity contribution in [3.63, 3.8) is 0 Å². The molecule has 0 radical (unpaired) electrons. The molecule has 1 heterocycles. The van der Waals surface area contributed by atoms with E-state index in [0.717, 1.165) is 11.1 Å². The number of methoxy groups -OCH3 is 3. The van der Waals surface area contributed by atoms with Crippen molar-refractivity contribution in [3.8, 4) is 34.1 Å². The van der Waals surface area contributed by atoms with E-state index >= 15 is 0 Å².